The zero-order valence-corrected chi connectivity index (χ0v) is 11.2. The second kappa shape index (κ2) is 4.57. The zero-order valence-electron chi connectivity index (χ0n) is 11.2. The molecule has 1 saturated carbocycles. The first-order valence-corrected chi connectivity index (χ1v) is 6.56. The van der Waals surface area contributed by atoms with Crippen molar-refractivity contribution in [3.63, 3.8) is 0 Å². The van der Waals surface area contributed by atoms with Crippen molar-refractivity contribution in [3.05, 3.63) is 52.3 Å². The average molecular weight is 255 g/mol. The van der Waals surface area contributed by atoms with Gasteiger partial charge in [-0.25, -0.2) is 0 Å². The molecule has 1 aromatic carbocycles. The number of hydrogen-bond donors (Lipinski definition) is 0. The summed E-state index contributed by atoms with van der Waals surface area (Å²) in [5.74, 6) is 0.830. The van der Waals surface area contributed by atoms with Gasteiger partial charge in [-0.05, 0) is 49.6 Å². The molecule has 0 atom stereocenters. The van der Waals surface area contributed by atoms with E-state index in [4.69, 9.17) is 4.74 Å². The lowest BCUT2D eigenvalue weighted by Gasteiger charge is -2.14. The Bertz CT molecular complexity index is 651. The molecule has 0 unspecified atom stereocenters. The SMILES string of the molecule is COc1ccc(-c2cc(=O)c(C)cn2C2CC2)cc1. The van der Waals surface area contributed by atoms with Crippen LogP contribution in [0.4, 0.5) is 0 Å². The largest absolute Gasteiger partial charge is 0.497 e. The molecule has 3 rings (SSSR count). The second-order valence-corrected chi connectivity index (χ2v) is 5.07. The summed E-state index contributed by atoms with van der Waals surface area (Å²) >= 11 is 0. The van der Waals surface area contributed by atoms with Crippen LogP contribution in [0.5, 0.6) is 5.75 Å². The lowest BCUT2D eigenvalue weighted by molar-refractivity contribution is 0.415. The highest BCUT2D eigenvalue weighted by Crippen LogP contribution is 2.38. The fraction of sp³-hybridized carbons (Fsp3) is 0.312. The van der Waals surface area contributed by atoms with Crippen molar-refractivity contribution in [2.75, 3.05) is 7.11 Å². The topological polar surface area (TPSA) is 31.2 Å². The molecule has 1 aliphatic carbocycles. The van der Waals surface area contributed by atoms with Gasteiger partial charge in [-0.15, -0.1) is 0 Å². The minimum absolute atomic E-state index is 0.0997. The molecule has 98 valence electrons. The molecular formula is C16H17NO2. The molecule has 2 aromatic rings. The van der Waals surface area contributed by atoms with Crippen LogP contribution < -0.4 is 10.2 Å². The number of aromatic nitrogens is 1. The van der Waals surface area contributed by atoms with Gasteiger partial charge >= 0.3 is 0 Å². The van der Waals surface area contributed by atoms with Crippen LogP contribution in [0.25, 0.3) is 11.3 Å². The van der Waals surface area contributed by atoms with Crippen molar-refractivity contribution in [3.8, 4) is 17.0 Å². The lowest BCUT2D eigenvalue weighted by Crippen LogP contribution is -2.11. The van der Waals surface area contributed by atoms with E-state index >= 15 is 0 Å². The fourth-order valence-electron chi connectivity index (χ4n) is 2.30. The third kappa shape index (κ3) is 2.28. The molecule has 0 aliphatic heterocycles. The maximum atomic E-state index is 11.9. The van der Waals surface area contributed by atoms with Gasteiger partial charge in [0, 0.05) is 23.9 Å². The van der Waals surface area contributed by atoms with Crippen LogP contribution in [0.1, 0.15) is 24.4 Å². The van der Waals surface area contributed by atoms with Crippen LogP contribution in [-0.2, 0) is 0 Å². The molecule has 1 aliphatic rings. The normalized spacial score (nSPS) is 14.4. The monoisotopic (exact) mass is 255 g/mol. The van der Waals surface area contributed by atoms with Crippen molar-refractivity contribution >= 4 is 0 Å². The Labute approximate surface area is 112 Å². The molecular weight excluding hydrogens is 238 g/mol. The number of ether oxygens (including phenoxy) is 1. The number of benzene rings is 1. The van der Waals surface area contributed by atoms with Gasteiger partial charge in [0.05, 0.1) is 12.8 Å². The lowest BCUT2D eigenvalue weighted by atomic mass is 10.1. The molecule has 3 heteroatoms. The van der Waals surface area contributed by atoms with Crippen molar-refractivity contribution in [1.29, 1.82) is 0 Å². The van der Waals surface area contributed by atoms with E-state index in [1.807, 2.05) is 37.4 Å². The molecule has 19 heavy (non-hydrogen) atoms. The number of nitrogens with zero attached hydrogens (tertiary/aromatic N) is 1. The Balaban J connectivity index is 2.11. The molecule has 0 spiro atoms. The summed E-state index contributed by atoms with van der Waals surface area (Å²) in [5.41, 5.74) is 2.97. The highest BCUT2D eigenvalue weighted by Gasteiger charge is 2.25. The second-order valence-electron chi connectivity index (χ2n) is 5.07. The fourth-order valence-corrected chi connectivity index (χ4v) is 2.30. The van der Waals surface area contributed by atoms with Gasteiger partial charge < -0.3 is 9.30 Å². The van der Waals surface area contributed by atoms with E-state index in [0.717, 1.165) is 22.6 Å². The highest BCUT2D eigenvalue weighted by atomic mass is 16.5. The smallest absolute Gasteiger partial charge is 0.185 e. The molecule has 0 bridgehead atoms. The molecule has 1 fully saturated rings. The quantitative estimate of drug-likeness (QED) is 0.843. The third-order valence-electron chi connectivity index (χ3n) is 3.59. The van der Waals surface area contributed by atoms with E-state index in [0.29, 0.717) is 6.04 Å². The van der Waals surface area contributed by atoms with Gasteiger partial charge in [0.15, 0.2) is 5.43 Å². The third-order valence-corrected chi connectivity index (χ3v) is 3.59. The average Bonchev–Trinajstić information content (AvgIpc) is 3.26. The first-order valence-electron chi connectivity index (χ1n) is 6.56. The molecule has 0 amide bonds. The van der Waals surface area contributed by atoms with Gasteiger partial charge in [0.2, 0.25) is 0 Å². The Kier molecular flexibility index (Phi) is 2.90. The van der Waals surface area contributed by atoms with E-state index in [1.54, 1.807) is 13.2 Å². The number of methoxy groups -OCH3 is 1. The summed E-state index contributed by atoms with van der Waals surface area (Å²) in [6.45, 7) is 1.87. The maximum absolute atomic E-state index is 11.9. The maximum Gasteiger partial charge on any atom is 0.185 e. The molecule has 1 heterocycles. The zero-order chi connectivity index (χ0) is 13.4. The number of rotatable bonds is 3. The van der Waals surface area contributed by atoms with E-state index < -0.39 is 0 Å². The van der Waals surface area contributed by atoms with Crippen molar-refractivity contribution < 1.29 is 4.74 Å². The van der Waals surface area contributed by atoms with Gasteiger partial charge in [-0.2, -0.15) is 0 Å². The van der Waals surface area contributed by atoms with E-state index in [2.05, 4.69) is 4.57 Å². The first kappa shape index (κ1) is 12.0. The van der Waals surface area contributed by atoms with Gasteiger partial charge in [0.1, 0.15) is 5.75 Å². The minimum Gasteiger partial charge on any atom is -0.497 e. The predicted octanol–water partition coefficient (Wildman–Crippen LogP) is 3.17. The number of hydrogen-bond acceptors (Lipinski definition) is 2. The van der Waals surface area contributed by atoms with Crippen molar-refractivity contribution in [1.82, 2.24) is 4.57 Å². The molecule has 1 aromatic heterocycles. The Morgan fingerprint density at radius 2 is 1.89 bits per heavy atom. The van der Waals surface area contributed by atoms with Crippen LogP contribution in [0.15, 0.2) is 41.3 Å². The molecule has 0 radical (unpaired) electrons. The van der Waals surface area contributed by atoms with Crippen LogP contribution in [0.3, 0.4) is 0 Å². The van der Waals surface area contributed by atoms with Gasteiger partial charge in [-0.3, -0.25) is 4.79 Å². The summed E-state index contributed by atoms with van der Waals surface area (Å²) in [5, 5.41) is 0. The van der Waals surface area contributed by atoms with E-state index in [-0.39, 0.29) is 5.43 Å². The summed E-state index contributed by atoms with van der Waals surface area (Å²) in [7, 11) is 1.65. The molecule has 0 saturated heterocycles. The van der Waals surface area contributed by atoms with Crippen molar-refractivity contribution in [2.45, 2.75) is 25.8 Å². The van der Waals surface area contributed by atoms with Crippen LogP contribution in [0.2, 0.25) is 0 Å². The van der Waals surface area contributed by atoms with E-state index in [1.165, 1.54) is 12.8 Å². The molecule has 3 nitrogen and oxygen atoms in total. The Hall–Kier alpha value is -2.03. The van der Waals surface area contributed by atoms with Crippen LogP contribution >= 0.6 is 0 Å². The Morgan fingerprint density at radius 3 is 2.47 bits per heavy atom. The van der Waals surface area contributed by atoms with Gasteiger partial charge in [0.25, 0.3) is 0 Å². The summed E-state index contributed by atoms with van der Waals surface area (Å²) < 4.78 is 7.40. The summed E-state index contributed by atoms with van der Waals surface area (Å²) in [6.07, 6.45) is 4.39. The highest BCUT2D eigenvalue weighted by molar-refractivity contribution is 5.61. The van der Waals surface area contributed by atoms with Gasteiger partial charge in [-0.1, -0.05) is 0 Å². The Morgan fingerprint density at radius 1 is 1.21 bits per heavy atom. The van der Waals surface area contributed by atoms with E-state index in [9.17, 15) is 4.79 Å². The number of aryl methyl sites for hydroxylation is 1. The van der Waals surface area contributed by atoms with Crippen LogP contribution in [-0.4, -0.2) is 11.7 Å². The predicted molar refractivity (Wildman–Crippen MR) is 75.7 cm³/mol. The minimum atomic E-state index is 0.0997. The first-order chi connectivity index (χ1) is 9.19. The molecule has 0 N–H and O–H groups in total. The standard InChI is InChI=1S/C16H17NO2/c1-11-10-17(13-5-6-13)15(9-16(11)18)12-3-7-14(19-2)8-4-12/h3-4,7-10,13H,5-6H2,1-2H3. The summed E-state index contributed by atoms with van der Waals surface area (Å²) in [4.78, 5) is 11.9. The summed E-state index contributed by atoms with van der Waals surface area (Å²) in [6, 6.07) is 10.2. The van der Waals surface area contributed by atoms with Crippen molar-refractivity contribution in [2.24, 2.45) is 0 Å². The van der Waals surface area contributed by atoms with Crippen LogP contribution in [0, 0.1) is 6.92 Å². The number of pyridine rings is 1.